The highest BCUT2D eigenvalue weighted by molar-refractivity contribution is 5.92. The number of aromatic amines is 1. The molecular weight excluding hydrogens is 228 g/mol. The lowest BCUT2D eigenvalue weighted by Crippen LogP contribution is -2.26. The van der Waals surface area contributed by atoms with E-state index < -0.39 is 5.91 Å². The molecule has 4 heteroatoms. The molecule has 98 valence electrons. The lowest BCUT2D eigenvalue weighted by molar-refractivity contribution is 0.0998. The van der Waals surface area contributed by atoms with Crippen molar-refractivity contribution in [3.05, 3.63) is 33.7 Å². The van der Waals surface area contributed by atoms with E-state index in [0.717, 1.165) is 18.5 Å². The number of rotatable bonds is 2. The van der Waals surface area contributed by atoms with E-state index >= 15 is 0 Å². The molecule has 0 aliphatic heterocycles. The van der Waals surface area contributed by atoms with Crippen molar-refractivity contribution in [2.45, 2.75) is 39.0 Å². The van der Waals surface area contributed by atoms with Crippen LogP contribution in [0.25, 0.3) is 0 Å². The van der Waals surface area contributed by atoms with Gasteiger partial charge in [-0.1, -0.05) is 13.8 Å². The summed E-state index contributed by atoms with van der Waals surface area (Å²) in [5.41, 5.74) is 5.73. The quantitative estimate of drug-likeness (QED) is 0.840. The van der Waals surface area contributed by atoms with Crippen molar-refractivity contribution in [3.8, 4) is 0 Å². The summed E-state index contributed by atoms with van der Waals surface area (Å²) in [5, 5.41) is 0. The van der Waals surface area contributed by atoms with Crippen LogP contribution in [0.4, 0.5) is 0 Å². The topological polar surface area (TPSA) is 76.0 Å². The van der Waals surface area contributed by atoms with Gasteiger partial charge >= 0.3 is 0 Å². The number of nitrogens with one attached hydrogen (secondary N) is 1. The third-order valence-corrected chi connectivity index (χ3v) is 3.82. The zero-order chi connectivity index (χ0) is 13.3. The number of carbonyl (C=O) groups excluding carboxylic acids is 1. The van der Waals surface area contributed by atoms with Gasteiger partial charge in [-0.2, -0.15) is 0 Å². The van der Waals surface area contributed by atoms with Gasteiger partial charge in [-0.05, 0) is 49.1 Å². The van der Waals surface area contributed by atoms with Gasteiger partial charge < -0.3 is 10.7 Å². The van der Waals surface area contributed by atoms with Crippen molar-refractivity contribution >= 4 is 5.91 Å². The van der Waals surface area contributed by atoms with Gasteiger partial charge in [0, 0.05) is 5.69 Å². The number of primary amides is 1. The number of carbonyl (C=O) groups is 1. The Labute approximate surface area is 107 Å². The first-order valence-corrected chi connectivity index (χ1v) is 6.50. The molecule has 1 heterocycles. The maximum Gasteiger partial charge on any atom is 0.260 e. The van der Waals surface area contributed by atoms with Crippen molar-refractivity contribution in [2.75, 3.05) is 0 Å². The lowest BCUT2D eigenvalue weighted by Gasteiger charge is -2.31. The first-order valence-electron chi connectivity index (χ1n) is 6.50. The Morgan fingerprint density at radius 1 is 1.22 bits per heavy atom. The Balaban J connectivity index is 2.26. The molecule has 2 unspecified atom stereocenters. The summed E-state index contributed by atoms with van der Waals surface area (Å²) in [6.07, 6.45) is 3.44. The van der Waals surface area contributed by atoms with Crippen LogP contribution >= 0.6 is 0 Å². The molecule has 0 spiro atoms. The highest BCUT2D eigenvalue weighted by atomic mass is 16.2. The van der Waals surface area contributed by atoms with Gasteiger partial charge in [0.05, 0.1) is 0 Å². The SMILES string of the molecule is CC1CC(C)CC(c2ccc(C(N)=O)c(=O)[nH]2)C1. The molecule has 1 saturated carbocycles. The van der Waals surface area contributed by atoms with Crippen molar-refractivity contribution in [1.29, 1.82) is 0 Å². The van der Waals surface area contributed by atoms with E-state index in [-0.39, 0.29) is 11.1 Å². The van der Waals surface area contributed by atoms with Gasteiger partial charge in [0.1, 0.15) is 5.56 Å². The fraction of sp³-hybridized carbons (Fsp3) is 0.571. The molecule has 0 radical (unpaired) electrons. The molecule has 0 bridgehead atoms. The summed E-state index contributed by atoms with van der Waals surface area (Å²) in [5.74, 6) is 1.07. The van der Waals surface area contributed by atoms with E-state index in [0.29, 0.717) is 17.8 Å². The first kappa shape index (κ1) is 12.9. The van der Waals surface area contributed by atoms with E-state index in [2.05, 4.69) is 18.8 Å². The minimum atomic E-state index is -0.673. The molecule has 4 nitrogen and oxygen atoms in total. The van der Waals surface area contributed by atoms with Gasteiger partial charge in [0.15, 0.2) is 0 Å². The van der Waals surface area contributed by atoms with Crippen LogP contribution in [0.2, 0.25) is 0 Å². The summed E-state index contributed by atoms with van der Waals surface area (Å²) in [7, 11) is 0. The average Bonchev–Trinajstić information content (AvgIpc) is 2.26. The van der Waals surface area contributed by atoms with E-state index in [9.17, 15) is 9.59 Å². The zero-order valence-electron chi connectivity index (χ0n) is 10.9. The second kappa shape index (κ2) is 4.96. The fourth-order valence-corrected chi connectivity index (χ4v) is 3.12. The number of hydrogen-bond acceptors (Lipinski definition) is 2. The highest BCUT2D eigenvalue weighted by Crippen LogP contribution is 2.37. The fourth-order valence-electron chi connectivity index (χ4n) is 3.12. The van der Waals surface area contributed by atoms with Crippen LogP contribution in [0.3, 0.4) is 0 Å². The van der Waals surface area contributed by atoms with Crippen molar-refractivity contribution in [2.24, 2.45) is 17.6 Å². The zero-order valence-corrected chi connectivity index (χ0v) is 10.9. The molecule has 0 saturated heterocycles. The number of hydrogen-bond donors (Lipinski definition) is 2. The monoisotopic (exact) mass is 248 g/mol. The van der Waals surface area contributed by atoms with E-state index in [1.54, 1.807) is 6.07 Å². The Bertz CT molecular complexity index is 497. The Morgan fingerprint density at radius 3 is 2.33 bits per heavy atom. The Kier molecular flexibility index (Phi) is 3.55. The van der Waals surface area contributed by atoms with Gasteiger partial charge in [-0.15, -0.1) is 0 Å². The summed E-state index contributed by atoms with van der Waals surface area (Å²) in [6.45, 7) is 4.50. The van der Waals surface area contributed by atoms with Crippen molar-refractivity contribution < 1.29 is 4.79 Å². The third-order valence-electron chi connectivity index (χ3n) is 3.82. The minimum absolute atomic E-state index is 0.0376. The highest BCUT2D eigenvalue weighted by Gasteiger charge is 2.25. The number of amides is 1. The molecule has 1 aliphatic rings. The Hall–Kier alpha value is -1.58. The van der Waals surface area contributed by atoms with E-state index in [1.807, 2.05) is 6.07 Å². The number of nitrogens with two attached hydrogens (primary N) is 1. The predicted molar refractivity (Wildman–Crippen MR) is 70.5 cm³/mol. The van der Waals surface area contributed by atoms with Gasteiger partial charge in [0.25, 0.3) is 11.5 Å². The van der Waals surface area contributed by atoms with Crippen LogP contribution in [0.5, 0.6) is 0 Å². The van der Waals surface area contributed by atoms with Crippen LogP contribution in [-0.4, -0.2) is 10.9 Å². The molecule has 1 aromatic rings. The lowest BCUT2D eigenvalue weighted by atomic mass is 9.75. The maximum atomic E-state index is 11.7. The number of H-pyrrole nitrogens is 1. The Morgan fingerprint density at radius 2 is 1.83 bits per heavy atom. The molecule has 1 amide bonds. The molecule has 3 N–H and O–H groups in total. The predicted octanol–water partition coefficient (Wildman–Crippen LogP) is 2.01. The average molecular weight is 248 g/mol. The van der Waals surface area contributed by atoms with Crippen LogP contribution in [-0.2, 0) is 0 Å². The van der Waals surface area contributed by atoms with Crippen LogP contribution in [0, 0.1) is 11.8 Å². The van der Waals surface area contributed by atoms with Crippen molar-refractivity contribution in [1.82, 2.24) is 4.98 Å². The van der Waals surface area contributed by atoms with Gasteiger partial charge in [-0.25, -0.2) is 0 Å². The first-order chi connectivity index (χ1) is 8.47. The van der Waals surface area contributed by atoms with Gasteiger partial charge in [-0.3, -0.25) is 9.59 Å². The normalized spacial score (nSPS) is 28.0. The summed E-state index contributed by atoms with van der Waals surface area (Å²) >= 11 is 0. The largest absolute Gasteiger partial charge is 0.365 e. The smallest absolute Gasteiger partial charge is 0.260 e. The van der Waals surface area contributed by atoms with Crippen molar-refractivity contribution in [3.63, 3.8) is 0 Å². The molecular formula is C14H20N2O2. The second-order valence-corrected chi connectivity index (χ2v) is 5.64. The maximum absolute atomic E-state index is 11.7. The third kappa shape index (κ3) is 2.63. The van der Waals surface area contributed by atoms with Gasteiger partial charge in [0.2, 0.25) is 0 Å². The molecule has 2 rings (SSSR count). The molecule has 2 atom stereocenters. The molecule has 0 aromatic carbocycles. The van der Waals surface area contributed by atoms with Crippen LogP contribution in [0.1, 0.15) is 55.1 Å². The van der Waals surface area contributed by atoms with Crippen LogP contribution < -0.4 is 11.3 Å². The van der Waals surface area contributed by atoms with E-state index in [1.165, 1.54) is 6.42 Å². The molecule has 18 heavy (non-hydrogen) atoms. The number of pyridine rings is 1. The molecule has 1 aliphatic carbocycles. The summed E-state index contributed by atoms with van der Waals surface area (Å²) < 4.78 is 0. The summed E-state index contributed by atoms with van der Waals surface area (Å²) in [6, 6.07) is 3.37. The second-order valence-electron chi connectivity index (χ2n) is 5.64. The molecule has 1 fully saturated rings. The number of aromatic nitrogens is 1. The minimum Gasteiger partial charge on any atom is -0.365 e. The van der Waals surface area contributed by atoms with E-state index in [4.69, 9.17) is 5.73 Å². The molecule has 1 aromatic heterocycles. The standard InChI is InChI=1S/C14H20N2O2/c1-8-5-9(2)7-10(6-8)12-4-3-11(13(15)17)14(18)16-12/h3-4,8-10H,5-7H2,1-2H3,(H2,15,17)(H,16,18). The van der Waals surface area contributed by atoms with Crippen LogP contribution in [0.15, 0.2) is 16.9 Å². The summed E-state index contributed by atoms with van der Waals surface area (Å²) in [4.78, 5) is 25.6.